The van der Waals surface area contributed by atoms with Crippen molar-refractivity contribution in [1.82, 2.24) is 9.21 Å². The average molecular weight is 346 g/mol. The molecule has 0 radical (unpaired) electrons. The normalized spacial score (nSPS) is 24.5. The molecule has 2 fully saturated rings. The standard InChI is InChI=1S/C18H19FN2O2S/c19-17-9-5-4-6-14(17)10-20-11-15-12-21(13-18(15)20)24(22,23)16-7-2-1-3-8-16/h1-9,15,18H,10-13H2/t15-,18+/m0/s1. The number of hydrogen-bond donors (Lipinski definition) is 0. The Kier molecular flexibility index (Phi) is 3.90. The number of hydrogen-bond acceptors (Lipinski definition) is 3. The van der Waals surface area contributed by atoms with Crippen molar-refractivity contribution in [2.75, 3.05) is 19.6 Å². The van der Waals surface area contributed by atoms with Crippen LogP contribution in [-0.2, 0) is 16.6 Å². The van der Waals surface area contributed by atoms with Crippen LogP contribution in [0.25, 0.3) is 0 Å². The van der Waals surface area contributed by atoms with Crippen molar-refractivity contribution in [3.05, 3.63) is 66.0 Å². The van der Waals surface area contributed by atoms with E-state index in [1.807, 2.05) is 12.1 Å². The summed E-state index contributed by atoms with van der Waals surface area (Å²) in [4.78, 5) is 2.51. The van der Waals surface area contributed by atoms with E-state index in [0.29, 0.717) is 36.0 Å². The lowest BCUT2D eigenvalue weighted by atomic mass is 9.91. The van der Waals surface area contributed by atoms with Crippen molar-refractivity contribution < 1.29 is 12.8 Å². The molecule has 6 heteroatoms. The molecule has 0 spiro atoms. The van der Waals surface area contributed by atoms with Crippen molar-refractivity contribution in [2.45, 2.75) is 17.5 Å². The first-order chi connectivity index (χ1) is 11.6. The molecule has 4 rings (SSSR count). The highest BCUT2D eigenvalue weighted by molar-refractivity contribution is 7.89. The van der Waals surface area contributed by atoms with Gasteiger partial charge in [0.25, 0.3) is 0 Å². The fourth-order valence-corrected chi connectivity index (χ4v) is 5.21. The van der Waals surface area contributed by atoms with Crippen molar-refractivity contribution >= 4 is 10.0 Å². The number of sulfonamides is 1. The number of benzene rings is 2. The Bertz CT molecular complexity index is 841. The molecule has 2 aliphatic heterocycles. The van der Waals surface area contributed by atoms with Crippen LogP contribution in [0.5, 0.6) is 0 Å². The highest BCUT2D eigenvalue weighted by atomic mass is 32.2. The summed E-state index contributed by atoms with van der Waals surface area (Å²) in [5.41, 5.74) is 0.667. The third-order valence-corrected chi connectivity index (χ3v) is 6.87. The van der Waals surface area contributed by atoms with Gasteiger partial charge in [-0.3, -0.25) is 4.90 Å². The van der Waals surface area contributed by atoms with E-state index < -0.39 is 10.0 Å². The quantitative estimate of drug-likeness (QED) is 0.853. The molecular formula is C18H19FN2O2S. The Morgan fingerprint density at radius 2 is 1.67 bits per heavy atom. The second kappa shape index (κ2) is 5.95. The molecule has 0 N–H and O–H groups in total. The minimum absolute atomic E-state index is 0.183. The maximum atomic E-state index is 13.8. The molecule has 0 unspecified atom stereocenters. The van der Waals surface area contributed by atoms with Crippen LogP contribution in [0.3, 0.4) is 0 Å². The zero-order valence-electron chi connectivity index (χ0n) is 13.2. The Morgan fingerprint density at radius 3 is 2.42 bits per heavy atom. The number of halogens is 1. The van der Waals surface area contributed by atoms with Crippen molar-refractivity contribution in [3.63, 3.8) is 0 Å². The van der Waals surface area contributed by atoms with Gasteiger partial charge in [0.05, 0.1) is 4.90 Å². The largest absolute Gasteiger partial charge is 0.294 e. The summed E-state index contributed by atoms with van der Waals surface area (Å²) in [7, 11) is -3.44. The first kappa shape index (κ1) is 15.7. The van der Waals surface area contributed by atoms with Crippen LogP contribution in [0.4, 0.5) is 4.39 Å². The summed E-state index contributed by atoms with van der Waals surface area (Å²) in [6.45, 7) is 2.39. The van der Waals surface area contributed by atoms with Crippen molar-refractivity contribution in [1.29, 1.82) is 0 Å². The summed E-state index contributed by atoms with van der Waals surface area (Å²) >= 11 is 0. The van der Waals surface area contributed by atoms with E-state index in [2.05, 4.69) is 4.90 Å². The van der Waals surface area contributed by atoms with Gasteiger partial charge in [0.2, 0.25) is 10.0 Å². The molecule has 2 heterocycles. The summed E-state index contributed by atoms with van der Waals surface area (Å²) < 4.78 is 40.8. The van der Waals surface area contributed by atoms with Gasteiger partial charge in [-0.2, -0.15) is 4.31 Å². The third kappa shape index (κ3) is 2.64. The molecule has 24 heavy (non-hydrogen) atoms. The van der Waals surface area contributed by atoms with Gasteiger partial charge in [0.15, 0.2) is 0 Å². The number of fused-ring (bicyclic) bond motifs is 1. The molecule has 0 saturated carbocycles. The molecule has 0 amide bonds. The van der Waals surface area contributed by atoms with Gasteiger partial charge < -0.3 is 0 Å². The predicted molar refractivity (Wildman–Crippen MR) is 89.3 cm³/mol. The molecule has 126 valence electrons. The van der Waals surface area contributed by atoms with Crippen LogP contribution in [0.1, 0.15) is 5.56 Å². The van der Waals surface area contributed by atoms with Gasteiger partial charge in [-0.25, -0.2) is 12.8 Å². The van der Waals surface area contributed by atoms with Gasteiger partial charge in [0.1, 0.15) is 5.82 Å². The lowest BCUT2D eigenvalue weighted by Crippen LogP contribution is -2.54. The van der Waals surface area contributed by atoms with Crippen LogP contribution >= 0.6 is 0 Å². The predicted octanol–water partition coefficient (Wildman–Crippen LogP) is 2.33. The molecule has 2 aromatic carbocycles. The second-order valence-electron chi connectivity index (χ2n) is 6.48. The molecule has 0 bridgehead atoms. The highest BCUT2D eigenvalue weighted by Crippen LogP contribution is 2.36. The van der Waals surface area contributed by atoms with Crippen LogP contribution in [0.2, 0.25) is 0 Å². The zero-order valence-corrected chi connectivity index (χ0v) is 14.0. The molecular weight excluding hydrogens is 327 g/mol. The second-order valence-corrected chi connectivity index (χ2v) is 8.42. The Morgan fingerprint density at radius 1 is 0.958 bits per heavy atom. The topological polar surface area (TPSA) is 40.6 Å². The van der Waals surface area contributed by atoms with Gasteiger partial charge >= 0.3 is 0 Å². The van der Waals surface area contributed by atoms with E-state index >= 15 is 0 Å². The van der Waals surface area contributed by atoms with E-state index in [0.717, 1.165) is 6.54 Å². The van der Waals surface area contributed by atoms with Crippen molar-refractivity contribution in [3.8, 4) is 0 Å². The van der Waals surface area contributed by atoms with Crippen molar-refractivity contribution in [2.24, 2.45) is 5.92 Å². The van der Waals surface area contributed by atoms with Gasteiger partial charge in [0, 0.05) is 43.7 Å². The molecule has 0 aromatic heterocycles. The SMILES string of the molecule is O=S(=O)(c1ccccc1)N1C[C@@H]2CN(Cc3ccccc3F)[C@@H]2C1. The average Bonchev–Trinajstić information content (AvgIpc) is 2.93. The van der Waals surface area contributed by atoms with Crippen LogP contribution in [0, 0.1) is 11.7 Å². The van der Waals surface area contributed by atoms with Crippen LogP contribution in [-0.4, -0.2) is 43.3 Å². The fraction of sp³-hybridized carbons (Fsp3) is 0.333. The maximum absolute atomic E-state index is 13.8. The summed E-state index contributed by atoms with van der Waals surface area (Å²) in [6.07, 6.45) is 0. The highest BCUT2D eigenvalue weighted by Gasteiger charge is 2.48. The van der Waals surface area contributed by atoms with Gasteiger partial charge in [-0.15, -0.1) is 0 Å². The van der Waals surface area contributed by atoms with Gasteiger partial charge in [-0.1, -0.05) is 36.4 Å². The monoisotopic (exact) mass is 346 g/mol. The maximum Gasteiger partial charge on any atom is 0.243 e. The first-order valence-electron chi connectivity index (χ1n) is 8.08. The first-order valence-corrected chi connectivity index (χ1v) is 9.52. The Balaban J connectivity index is 1.47. The molecule has 0 aliphatic carbocycles. The number of rotatable bonds is 4. The molecule has 2 aliphatic rings. The number of nitrogens with zero attached hydrogens (tertiary/aromatic N) is 2. The van der Waals surface area contributed by atoms with Crippen LogP contribution in [0.15, 0.2) is 59.5 Å². The number of likely N-dealkylation sites (tertiary alicyclic amines) is 1. The van der Waals surface area contributed by atoms with E-state index in [-0.39, 0.29) is 11.9 Å². The smallest absolute Gasteiger partial charge is 0.243 e. The molecule has 2 atom stereocenters. The lowest BCUT2D eigenvalue weighted by Gasteiger charge is -2.43. The fourth-order valence-electron chi connectivity index (χ4n) is 3.67. The molecule has 4 nitrogen and oxygen atoms in total. The van der Waals surface area contributed by atoms with E-state index in [1.54, 1.807) is 40.7 Å². The third-order valence-electron chi connectivity index (χ3n) is 5.02. The van der Waals surface area contributed by atoms with E-state index in [4.69, 9.17) is 0 Å². The van der Waals surface area contributed by atoms with Crippen LogP contribution < -0.4 is 0 Å². The molecule has 2 aromatic rings. The minimum atomic E-state index is -3.44. The van der Waals surface area contributed by atoms with E-state index in [9.17, 15) is 12.8 Å². The van der Waals surface area contributed by atoms with E-state index in [1.165, 1.54) is 6.07 Å². The molecule has 2 saturated heterocycles. The summed E-state index contributed by atoms with van der Waals surface area (Å²) in [5.74, 6) is 0.142. The minimum Gasteiger partial charge on any atom is -0.294 e. The zero-order chi connectivity index (χ0) is 16.7. The summed E-state index contributed by atoms with van der Waals surface area (Å²) in [5, 5.41) is 0. The summed E-state index contributed by atoms with van der Waals surface area (Å²) in [6, 6.07) is 15.5. The Hall–Kier alpha value is -1.76. The lowest BCUT2D eigenvalue weighted by molar-refractivity contribution is 0.0425. The Labute approximate surface area is 141 Å². The van der Waals surface area contributed by atoms with Gasteiger partial charge in [-0.05, 0) is 18.2 Å².